The Morgan fingerprint density at radius 1 is 0.778 bits per heavy atom. The number of sulfonamides is 1. The van der Waals surface area contributed by atoms with Gasteiger partial charge in [-0.1, -0.05) is 87.0 Å². The molecule has 0 aliphatic rings. The number of nitrogens with one attached hydrogen (secondary N) is 1. The first kappa shape index (κ1) is 33.3. The summed E-state index contributed by atoms with van der Waals surface area (Å²) in [6, 6.07) is 32.8. The molecule has 1 atom stereocenters. The number of anilines is 1. The van der Waals surface area contributed by atoms with E-state index in [9.17, 15) is 18.0 Å². The zero-order valence-corrected chi connectivity index (χ0v) is 26.7. The third-order valence-corrected chi connectivity index (χ3v) is 9.20. The van der Waals surface area contributed by atoms with Crippen molar-refractivity contribution < 1.29 is 22.7 Å². The number of carbonyl (C=O) groups is 2. The van der Waals surface area contributed by atoms with Crippen LogP contribution in [0.1, 0.15) is 38.7 Å². The second-order valence-corrected chi connectivity index (χ2v) is 12.5. The summed E-state index contributed by atoms with van der Waals surface area (Å²) in [6.45, 7) is 4.19. The van der Waals surface area contributed by atoms with Crippen LogP contribution in [0.3, 0.4) is 0 Å². The number of unbranched alkanes of at least 4 members (excludes halogenated alkanes) is 1. The standard InChI is InChI=1S/C36H41N3O5S/c1-3-5-26-37-36(41)34(4-2)38(27-25-29-15-9-6-10-16-29)35(40)28-39(45(42,43)33-19-13-8-14-20-33)30-21-23-32(24-22-30)44-31-17-11-7-12-18-31/h6-24,34H,3-5,25-28H2,1-2H3,(H,37,41)/t34-/m1/s1. The highest BCUT2D eigenvalue weighted by molar-refractivity contribution is 7.92. The highest BCUT2D eigenvalue weighted by Gasteiger charge is 2.33. The van der Waals surface area contributed by atoms with E-state index in [2.05, 4.69) is 5.32 Å². The van der Waals surface area contributed by atoms with Crippen molar-refractivity contribution in [2.75, 3.05) is 23.9 Å². The monoisotopic (exact) mass is 627 g/mol. The Hall–Kier alpha value is -4.63. The Kier molecular flexibility index (Phi) is 12.2. The topological polar surface area (TPSA) is 96.0 Å². The van der Waals surface area contributed by atoms with Gasteiger partial charge in [-0.2, -0.15) is 0 Å². The number of hydrogen-bond acceptors (Lipinski definition) is 5. The summed E-state index contributed by atoms with van der Waals surface area (Å²) < 4.78 is 35.1. The second kappa shape index (κ2) is 16.4. The molecule has 1 N–H and O–H groups in total. The summed E-state index contributed by atoms with van der Waals surface area (Å²) in [5.74, 6) is 0.457. The molecule has 0 aliphatic heterocycles. The van der Waals surface area contributed by atoms with E-state index in [0.29, 0.717) is 36.6 Å². The number of para-hydroxylation sites is 1. The van der Waals surface area contributed by atoms with Gasteiger partial charge in [0.1, 0.15) is 24.1 Å². The minimum Gasteiger partial charge on any atom is -0.457 e. The maximum Gasteiger partial charge on any atom is 0.264 e. The molecule has 0 saturated heterocycles. The third-order valence-electron chi connectivity index (χ3n) is 7.41. The molecule has 0 fully saturated rings. The van der Waals surface area contributed by atoms with Gasteiger partial charge in [0.2, 0.25) is 11.8 Å². The maximum absolute atomic E-state index is 14.2. The summed E-state index contributed by atoms with van der Waals surface area (Å²) in [5, 5.41) is 2.96. The third kappa shape index (κ3) is 9.18. The lowest BCUT2D eigenvalue weighted by atomic mass is 10.1. The molecule has 0 spiro atoms. The smallest absolute Gasteiger partial charge is 0.264 e. The van der Waals surface area contributed by atoms with Gasteiger partial charge in [-0.3, -0.25) is 13.9 Å². The second-order valence-electron chi connectivity index (χ2n) is 10.6. The molecule has 4 aromatic rings. The summed E-state index contributed by atoms with van der Waals surface area (Å²) in [7, 11) is -4.15. The minimum absolute atomic E-state index is 0.0580. The van der Waals surface area contributed by atoms with Crippen molar-refractivity contribution >= 4 is 27.5 Å². The van der Waals surface area contributed by atoms with Crippen LogP contribution < -0.4 is 14.4 Å². The molecular formula is C36H41N3O5S. The SMILES string of the molecule is CCCCNC(=O)[C@@H](CC)N(CCc1ccccc1)C(=O)CN(c1ccc(Oc2ccccc2)cc1)S(=O)(=O)c1ccccc1. The summed E-state index contributed by atoms with van der Waals surface area (Å²) in [6.07, 6.45) is 2.65. The molecule has 0 saturated carbocycles. The lowest BCUT2D eigenvalue weighted by Gasteiger charge is -2.33. The van der Waals surface area contributed by atoms with Crippen molar-refractivity contribution in [3.63, 3.8) is 0 Å². The molecule has 0 aliphatic carbocycles. The van der Waals surface area contributed by atoms with Gasteiger partial charge in [0.05, 0.1) is 10.6 Å². The minimum atomic E-state index is -4.15. The van der Waals surface area contributed by atoms with E-state index in [4.69, 9.17) is 4.74 Å². The van der Waals surface area contributed by atoms with Gasteiger partial charge >= 0.3 is 0 Å². The fraction of sp³-hybridized carbons (Fsp3) is 0.278. The molecule has 0 unspecified atom stereocenters. The molecule has 45 heavy (non-hydrogen) atoms. The molecular weight excluding hydrogens is 586 g/mol. The van der Waals surface area contributed by atoms with Gasteiger partial charge in [0, 0.05) is 13.1 Å². The molecule has 4 rings (SSSR count). The fourth-order valence-electron chi connectivity index (χ4n) is 4.96. The molecule has 4 aromatic carbocycles. The van der Waals surface area contributed by atoms with Gasteiger partial charge < -0.3 is 15.0 Å². The van der Waals surface area contributed by atoms with E-state index in [1.54, 1.807) is 42.5 Å². The Bertz CT molecular complexity index is 1600. The molecule has 0 bridgehead atoms. The first-order chi connectivity index (χ1) is 21.8. The molecule has 0 heterocycles. The number of amides is 2. The van der Waals surface area contributed by atoms with E-state index in [1.165, 1.54) is 17.0 Å². The normalized spacial score (nSPS) is 11.8. The number of nitrogens with zero attached hydrogens (tertiary/aromatic N) is 2. The molecule has 0 radical (unpaired) electrons. The van der Waals surface area contributed by atoms with Gasteiger partial charge in [-0.25, -0.2) is 8.42 Å². The first-order valence-corrected chi connectivity index (χ1v) is 16.8. The zero-order valence-electron chi connectivity index (χ0n) is 25.8. The van der Waals surface area contributed by atoms with Crippen LogP contribution in [0.25, 0.3) is 0 Å². The number of rotatable bonds is 16. The molecule has 236 valence electrons. The van der Waals surface area contributed by atoms with Crippen molar-refractivity contribution in [2.45, 2.75) is 50.5 Å². The van der Waals surface area contributed by atoms with Crippen molar-refractivity contribution in [1.29, 1.82) is 0 Å². The van der Waals surface area contributed by atoms with Crippen LogP contribution in [0.2, 0.25) is 0 Å². The quantitative estimate of drug-likeness (QED) is 0.144. The molecule has 2 amide bonds. The average molecular weight is 628 g/mol. The summed E-state index contributed by atoms with van der Waals surface area (Å²) in [5.41, 5.74) is 1.32. The van der Waals surface area contributed by atoms with Crippen LogP contribution >= 0.6 is 0 Å². The maximum atomic E-state index is 14.2. The van der Waals surface area contributed by atoms with Crippen LogP contribution in [0.15, 0.2) is 120 Å². The predicted molar refractivity (Wildman–Crippen MR) is 178 cm³/mol. The van der Waals surface area contributed by atoms with Crippen LogP contribution in [0.5, 0.6) is 11.5 Å². The van der Waals surface area contributed by atoms with Gasteiger partial charge in [-0.05, 0) is 73.4 Å². The molecule has 0 aromatic heterocycles. The van der Waals surface area contributed by atoms with Crippen molar-refractivity contribution in [3.05, 3.63) is 121 Å². The van der Waals surface area contributed by atoms with Crippen LogP contribution in [-0.2, 0) is 26.0 Å². The fourth-order valence-corrected chi connectivity index (χ4v) is 6.39. The van der Waals surface area contributed by atoms with Crippen LogP contribution in [0.4, 0.5) is 5.69 Å². The van der Waals surface area contributed by atoms with Crippen LogP contribution in [0, 0.1) is 0 Å². The zero-order chi connectivity index (χ0) is 32.1. The Labute approximate surface area is 266 Å². The number of hydrogen-bond donors (Lipinski definition) is 1. The van der Waals surface area contributed by atoms with Crippen molar-refractivity contribution in [1.82, 2.24) is 10.2 Å². The van der Waals surface area contributed by atoms with Gasteiger partial charge in [0.15, 0.2) is 0 Å². The lowest BCUT2D eigenvalue weighted by molar-refractivity contribution is -0.139. The van der Waals surface area contributed by atoms with E-state index in [1.807, 2.05) is 74.5 Å². The van der Waals surface area contributed by atoms with Gasteiger partial charge in [-0.15, -0.1) is 0 Å². The number of carbonyl (C=O) groups excluding carboxylic acids is 2. The highest BCUT2D eigenvalue weighted by atomic mass is 32.2. The number of benzene rings is 4. The van der Waals surface area contributed by atoms with Crippen LogP contribution in [-0.4, -0.2) is 50.8 Å². The largest absolute Gasteiger partial charge is 0.457 e. The van der Waals surface area contributed by atoms with Crippen molar-refractivity contribution in [2.24, 2.45) is 0 Å². The lowest BCUT2D eigenvalue weighted by Crippen LogP contribution is -2.53. The van der Waals surface area contributed by atoms with E-state index in [-0.39, 0.29) is 17.3 Å². The summed E-state index contributed by atoms with van der Waals surface area (Å²) >= 11 is 0. The number of ether oxygens (including phenoxy) is 1. The predicted octanol–water partition coefficient (Wildman–Crippen LogP) is 6.44. The van der Waals surface area contributed by atoms with E-state index < -0.39 is 28.5 Å². The van der Waals surface area contributed by atoms with Gasteiger partial charge in [0.25, 0.3) is 10.0 Å². The Balaban J connectivity index is 1.66. The molecule has 8 nitrogen and oxygen atoms in total. The average Bonchev–Trinajstić information content (AvgIpc) is 3.07. The van der Waals surface area contributed by atoms with Crippen molar-refractivity contribution in [3.8, 4) is 11.5 Å². The van der Waals surface area contributed by atoms with E-state index >= 15 is 0 Å². The highest BCUT2D eigenvalue weighted by Crippen LogP contribution is 2.28. The summed E-state index contributed by atoms with van der Waals surface area (Å²) in [4.78, 5) is 29.1. The Morgan fingerprint density at radius 3 is 1.96 bits per heavy atom. The Morgan fingerprint density at radius 2 is 1.36 bits per heavy atom. The first-order valence-electron chi connectivity index (χ1n) is 15.3. The van der Waals surface area contributed by atoms with E-state index in [0.717, 1.165) is 22.7 Å². The molecule has 9 heteroatoms.